The zero-order valence-electron chi connectivity index (χ0n) is 23.2. The first-order valence-corrected chi connectivity index (χ1v) is 15.1. The number of nitrogens with two attached hydrogens (primary N) is 2. The van der Waals surface area contributed by atoms with Crippen LogP contribution in [0.25, 0.3) is 0 Å². The van der Waals surface area contributed by atoms with Crippen LogP contribution in [-0.2, 0) is 4.79 Å². The fraction of sp³-hybridized carbons (Fsp3) is 0.967. The Morgan fingerprint density at radius 2 is 1.60 bits per heavy atom. The number of fused-ring (bicyclic) bond motifs is 5. The summed E-state index contributed by atoms with van der Waals surface area (Å²) < 4.78 is 0. The van der Waals surface area contributed by atoms with Crippen molar-refractivity contribution in [1.29, 1.82) is 0 Å². The van der Waals surface area contributed by atoms with E-state index >= 15 is 0 Å². The quantitative estimate of drug-likeness (QED) is 0.289. The van der Waals surface area contributed by atoms with Gasteiger partial charge in [0.2, 0.25) is 0 Å². The van der Waals surface area contributed by atoms with Gasteiger partial charge < -0.3 is 21.9 Å². The van der Waals surface area contributed by atoms with Gasteiger partial charge in [0.25, 0.3) is 0 Å². The van der Waals surface area contributed by atoms with Crippen LogP contribution in [-0.4, -0.2) is 37.3 Å². The fourth-order valence-electron chi connectivity index (χ4n) is 9.40. The summed E-state index contributed by atoms with van der Waals surface area (Å²) in [5.74, 6) is 4.57. The Kier molecular flexibility index (Phi) is 10.9. The minimum absolute atomic E-state index is 0.351. The Hall–Kier alpha value is -0.650. The van der Waals surface area contributed by atoms with E-state index in [4.69, 9.17) is 16.6 Å². The van der Waals surface area contributed by atoms with E-state index in [0.717, 1.165) is 75.0 Å². The van der Waals surface area contributed by atoms with Crippen molar-refractivity contribution in [2.24, 2.45) is 57.8 Å². The number of hydrogen-bond acceptors (Lipinski definition) is 4. The number of nitrogens with one attached hydrogen (secondary N) is 1. The molecule has 6 N–H and O–H groups in total. The first-order chi connectivity index (χ1) is 16.8. The lowest BCUT2D eigenvalue weighted by molar-refractivity contribution is -0.137. The molecular weight excluding hydrogens is 434 g/mol. The van der Waals surface area contributed by atoms with Gasteiger partial charge in [0.15, 0.2) is 0 Å². The molecule has 8 atom stereocenters. The summed E-state index contributed by atoms with van der Waals surface area (Å²) >= 11 is 0. The van der Waals surface area contributed by atoms with Gasteiger partial charge in [-0.3, -0.25) is 4.79 Å². The Morgan fingerprint density at radius 3 is 2.26 bits per heavy atom. The summed E-state index contributed by atoms with van der Waals surface area (Å²) in [6, 6.07) is 0. The van der Waals surface area contributed by atoms with Crippen LogP contribution in [0, 0.1) is 46.3 Å². The van der Waals surface area contributed by atoms with Crippen molar-refractivity contribution in [3.63, 3.8) is 0 Å². The van der Waals surface area contributed by atoms with Crippen LogP contribution < -0.4 is 16.8 Å². The van der Waals surface area contributed by atoms with Gasteiger partial charge in [0.05, 0.1) is 0 Å². The number of carboxylic acid groups (broad SMARTS) is 1. The summed E-state index contributed by atoms with van der Waals surface area (Å²) in [7, 11) is 0. The summed E-state index contributed by atoms with van der Waals surface area (Å²) in [5.41, 5.74) is 11.7. The number of rotatable bonds is 10. The molecule has 0 spiro atoms. The molecule has 35 heavy (non-hydrogen) atoms. The lowest BCUT2D eigenvalue weighted by Gasteiger charge is -2.61. The van der Waals surface area contributed by atoms with Gasteiger partial charge in [0.1, 0.15) is 0 Å². The van der Waals surface area contributed by atoms with Crippen LogP contribution in [0.1, 0.15) is 111 Å². The highest BCUT2D eigenvalue weighted by Crippen LogP contribution is 2.68. The summed E-state index contributed by atoms with van der Waals surface area (Å²) in [6.45, 7) is 11.2. The van der Waals surface area contributed by atoms with Crippen molar-refractivity contribution in [2.45, 2.75) is 111 Å². The molecule has 4 saturated carbocycles. The standard InChI is InChI=1S/C24H40O2.C6H17N3/c1-16(7-12-22(25)26)19-10-11-20-18-9-8-17-6-4-5-14-23(17,2)21(18)13-15-24(19,20)3;7-3-1-5-9-6-2-4-8/h16-21H,4-15H2,1-3H3,(H,25,26);9H,1-8H2/t16?,17-,18?,19?,20?,21?,23+,24-;/m1./s1. The highest BCUT2D eigenvalue weighted by atomic mass is 16.4. The number of hydrogen-bond donors (Lipinski definition) is 4. The van der Waals surface area contributed by atoms with Gasteiger partial charge in [-0.15, -0.1) is 0 Å². The Bertz CT molecular complexity index is 652. The van der Waals surface area contributed by atoms with E-state index in [1.807, 2.05) is 0 Å². The summed E-state index contributed by atoms with van der Waals surface area (Å²) in [4.78, 5) is 11.0. The molecule has 0 heterocycles. The average molecular weight is 492 g/mol. The molecule has 4 aliphatic carbocycles. The molecule has 0 radical (unpaired) electrons. The molecule has 5 nitrogen and oxygen atoms in total. The maximum atomic E-state index is 11.0. The van der Waals surface area contributed by atoms with Crippen molar-refractivity contribution in [3.05, 3.63) is 0 Å². The maximum absolute atomic E-state index is 11.0. The highest BCUT2D eigenvalue weighted by molar-refractivity contribution is 5.66. The maximum Gasteiger partial charge on any atom is 0.303 e. The normalized spacial score (nSPS) is 38.9. The first-order valence-electron chi connectivity index (χ1n) is 15.1. The van der Waals surface area contributed by atoms with E-state index in [0.29, 0.717) is 23.2 Å². The van der Waals surface area contributed by atoms with Gasteiger partial charge in [0, 0.05) is 6.42 Å². The van der Waals surface area contributed by atoms with Gasteiger partial charge in [-0.25, -0.2) is 0 Å². The second kappa shape index (κ2) is 13.2. The SMILES string of the molecule is CC(CCC(=O)O)C1CCC2C3CC[C@H]4CCCC[C@]4(C)C3CC[C@]12C.NCCCNCCCN. The third-order valence-corrected chi connectivity index (χ3v) is 11.3. The molecule has 5 unspecified atom stereocenters. The molecule has 0 aromatic rings. The largest absolute Gasteiger partial charge is 0.481 e. The summed E-state index contributed by atoms with van der Waals surface area (Å²) in [6.07, 6.45) is 17.9. The Labute approximate surface area is 215 Å². The topological polar surface area (TPSA) is 101 Å². The van der Waals surface area contributed by atoms with E-state index < -0.39 is 5.97 Å². The molecular formula is C30H57N3O2. The molecule has 0 aromatic carbocycles. The predicted octanol–water partition coefficient (Wildman–Crippen LogP) is 5.81. The molecule has 0 bridgehead atoms. The lowest BCUT2D eigenvalue weighted by atomic mass is 9.44. The zero-order chi connectivity index (χ0) is 25.5. The van der Waals surface area contributed by atoms with Gasteiger partial charge >= 0.3 is 5.97 Å². The molecule has 4 aliphatic rings. The van der Waals surface area contributed by atoms with Crippen LogP contribution >= 0.6 is 0 Å². The van der Waals surface area contributed by atoms with Crippen molar-refractivity contribution in [2.75, 3.05) is 26.2 Å². The number of carbonyl (C=O) groups is 1. The van der Waals surface area contributed by atoms with Crippen molar-refractivity contribution >= 4 is 5.97 Å². The second-order valence-electron chi connectivity index (χ2n) is 13.1. The molecule has 4 rings (SSSR count). The Morgan fingerprint density at radius 1 is 0.914 bits per heavy atom. The van der Waals surface area contributed by atoms with Crippen LogP contribution in [0.2, 0.25) is 0 Å². The van der Waals surface area contributed by atoms with E-state index in [2.05, 4.69) is 26.1 Å². The molecule has 5 heteroatoms. The third kappa shape index (κ3) is 6.62. The molecule has 0 saturated heterocycles. The fourth-order valence-corrected chi connectivity index (χ4v) is 9.40. The van der Waals surface area contributed by atoms with Gasteiger partial charge in [-0.05, 0) is 143 Å². The van der Waals surface area contributed by atoms with E-state index in [1.165, 1.54) is 64.2 Å². The van der Waals surface area contributed by atoms with E-state index in [-0.39, 0.29) is 0 Å². The smallest absolute Gasteiger partial charge is 0.303 e. The van der Waals surface area contributed by atoms with Crippen molar-refractivity contribution in [3.8, 4) is 0 Å². The van der Waals surface area contributed by atoms with Crippen molar-refractivity contribution in [1.82, 2.24) is 5.32 Å². The number of aliphatic carboxylic acids is 1. The summed E-state index contributed by atoms with van der Waals surface area (Å²) in [5, 5.41) is 12.3. The molecule has 204 valence electrons. The predicted molar refractivity (Wildman–Crippen MR) is 146 cm³/mol. The minimum Gasteiger partial charge on any atom is -0.481 e. The highest BCUT2D eigenvalue weighted by Gasteiger charge is 2.60. The minimum atomic E-state index is -0.621. The Balaban J connectivity index is 0.000000327. The second-order valence-corrected chi connectivity index (χ2v) is 13.1. The zero-order valence-corrected chi connectivity index (χ0v) is 23.2. The van der Waals surface area contributed by atoms with E-state index in [1.54, 1.807) is 0 Å². The van der Waals surface area contributed by atoms with Crippen LogP contribution in [0.3, 0.4) is 0 Å². The average Bonchev–Trinajstić information content (AvgIpc) is 3.20. The molecule has 0 aliphatic heterocycles. The monoisotopic (exact) mass is 491 g/mol. The molecule has 0 amide bonds. The van der Waals surface area contributed by atoms with Crippen LogP contribution in [0.5, 0.6) is 0 Å². The molecule has 0 aromatic heterocycles. The van der Waals surface area contributed by atoms with Gasteiger partial charge in [-0.2, -0.15) is 0 Å². The molecule has 4 fully saturated rings. The van der Waals surface area contributed by atoms with Crippen molar-refractivity contribution < 1.29 is 9.90 Å². The van der Waals surface area contributed by atoms with Crippen LogP contribution in [0.4, 0.5) is 0 Å². The van der Waals surface area contributed by atoms with Crippen LogP contribution in [0.15, 0.2) is 0 Å². The number of carboxylic acids is 1. The lowest BCUT2D eigenvalue weighted by Crippen LogP contribution is -2.53. The first kappa shape index (κ1) is 28.9. The van der Waals surface area contributed by atoms with Gasteiger partial charge in [-0.1, -0.05) is 33.6 Å². The third-order valence-electron chi connectivity index (χ3n) is 11.3. The van der Waals surface area contributed by atoms with E-state index in [9.17, 15) is 4.79 Å².